The zero-order valence-electron chi connectivity index (χ0n) is 12.9. The molecule has 20 heavy (non-hydrogen) atoms. The largest absolute Gasteiger partial charge is 0.271 e. The number of aryl methyl sites for hydroxylation is 2. The number of nitrogens with one attached hydrogen (secondary N) is 1. The van der Waals surface area contributed by atoms with E-state index < -0.39 is 0 Å². The lowest BCUT2D eigenvalue weighted by Crippen LogP contribution is -2.48. The number of halogens is 1. The first kappa shape index (κ1) is 15.8. The van der Waals surface area contributed by atoms with E-state index in [9.17, 15) is 0 Å². The quantitative estimate of drug-likeness (QED) is 0.626. The molecule has 114 valence electrons. The molecule has 0 saturated heterocycles. The van der Waals surface area contributed by atoms with E-state index in [0.29, 0.717) is 5.41 Å². The first-order valence-electron chi connectivity index (χ1n) is 7.76. The summed E-state index contributed by atoms with van der Waals surface area (Å²) in [4.78, 5) is 0. The summed E-state index contributed by atoms with van der Waals surface area (Å²) in [6, 6.07) is 0.272. The van der Waals surface area contributed by atoms with Gasteiger partial charge in [0.1, 0.15) is 0 Å². The molecule has 1 fully saturated rings. The Morgan fingerprint density at radius 3 is 2.55 bits per heavy atom. The van der Waals surface area contributed by atoms with Crippen molar-refractivity contribution in [3.05, 3.63) is 16.4 Å². The van der Waals surface area contributed by atoms with Gasteiger partial charge in [0.15, 0.2) is 0 Å². The highest BCUT2D eigenvalue weighted by molar-refractivity contribution is 6.31. The zero-order valence-corrected chi connectivity index (χ0v) is 13.6. The first-order chi connectivity index (χ1) is 9.57. The molecular formula is C15H27ClN4. The lowest BCUT2D eigenvalue weighted by atomic mass is 9.74. The molecule has 1 aliphatic carbocycles. The van der Waals surface area contributed by atoms with Crippen LogP contribution in [0.4, 0.5) is 0 Å². The molecule has 1 unspecified atom stereocenters. The van der Waals surface area contributed by atoms with Gasteiger partial charge in [0.25, 0.3) is 0 Å². The molecule has 1 heterocycles. The Morgan fingerprint density at radius 1 is 1.40 bits per heavy atom. The van der Waals surface area contributed by atoms with Crippen molar-refractivity contribution in [1.29, 1.82) is 0 Å². The molecule has 0 bridgehead atoms. The van der Waals surface area contributed by atoms with Gasteiger partial charge in [-0.2, -0.15) is 5.10 Å². The second-order valence-electron chi connectivity index (χ2n) is 6.01. The topological polar surface area (TPSA) is 55.9 Å². The Labute approximate surface area is 127 Å². The summed E-state index contributed by atoms with van der Waals surface area (Å²) in [7, 11) is 0. The zero-order chi connectivity index (χ0) is 14.8. The fraction of sp³-hybridized carbons (Fsp3) is 0.800. The summed E-state index contributed by atoms with van der Waals surface area (Å²) in [5.41, 5.74) is 5.42. The van der Waals surface area contributed by atoms with E-state index in [1.807, 2.05) is 11.6 Å². The van der Waals surface area contributed by atoms with E-state index in [1.54, 1.807) is 0 Å². The minimum absolute atomic E-state index is 0.272. The van der Waals surface area contributed by atoms with Gasteiger partial charge in [0.05, 0.1) is 16.4 Å². The van der Waals surface area contributed by atoms with Crippen LogP contribution in [0.25, 0.3) is 0 Å². The number of hydrogen-bond donors (Lipinski definition) is 2. The second kappa shape index (κ2) is 6.46. The van der Waals surface area contributed by atoms with Crippen LogP contribution < -0.4 is 11.3 Å². The van der Waals surface area contributed by atoms with Gasteiger partial charge in [-0.15, -0.1) is 0 Å². The molecule has 1 atom stereocenters. The molecular weight excluding hydrogens is 272 g/mol. The van der Waals surface area contributed by atoms with Gasteiger partial charge in [0.2, 0.25) is 0 Å². The van der Waals surface area contributed by atoms with Crippen molar-refractivity contribution in [3.63, 3.8) is 0 Å². The van der Waals surface area contributed by atoms with Gasteiger partial charge >= 0.3 is 0 Å². The van der Waals surface area contributed by atoms with Crippen LogP contribution in [0.1, 0.15) is 57.3 Å². The molecule has 0 spiro atoms. The number of hydrazine groups is 1. The van der Waals surface area contributed by atoms with E-state index in [4.69, 9.17) is 17.4 Å². The van der Waals surface area contributed by atoms with Crippen molar-refractivity contribution in [2.75, 3.05) is 0 Å². The maximum atomic E-state index is 6.44. The van der Waals surface area contributed by atoms with Gasteiger partial charge in [-0.1, -0.05) is 31.4 Å². The Hall–Kier alpha value is -0.580. The lowest BCUT2D eigenvalue weighted by Gasteiger charge is -2.36. The van der Waals surface area contributed by atoms with Crippen LogP contribution in [0.5, 0.6) is 0 Å². The standard InChI is InChI=1S/C15H27ClN4/c1-4-15(8-6-7-9-15)13(18-17)10-12-14(16)11(3)19-20(12)5-2/h13,18H,4-10,17H2,1-3H3. The lowest BCUT2D eigenvalue weighted by molar-refractivity contribution is 0.183. The Bertz CT molecular complexity index is 449. The summed E-state index contributed by atoms with van der Waals surface area (Å²) < 4.78 is 2.01. The van der Waals surface area contributed by atoms with Crippen LogP contribution in [-0.2, 0) is 13.0 Å². The summed E-state index contributed by atoms with van der Waals surface area (Å²) in [5.74, 6) is 5.89. The normalized spacial score (nSPS) is 19.4. The minimum Gasteiger partial charge on any atom is -0.271 e. The van der Waals surface area contributed by atoms with Crippen molar-refractivity contribution >= 4 is 11.6 Å². The molecule has 0 amide bonds. The molecule has 0 aliphatic heterocycles. The average molecular weight is 299 g/mol. The molecule has 3 N–H and O–H groups in total. The number of nitrogens with zero attached hydrogens (tertiary/aromatic N) is 2. The van der Waals surface area contributed by atoms with Gasteiger partial charge in [0, 0.05) is 19.0 Å². The Balaban J connectivity index is 2.26. The summed E-state index contributed by atoms with van der Waals surface area (Å²) in [6.45, 7) is 7.19. The van der Waals surface area contributed by atoms with Crippen LogP contribution in [0.3, 0.4) is 0 Å². The van der Waals surface area contributed by atoms with Gasteiger partial charge in [-0.3, -0.25) is 16.0 Å². The second-order valence-corrected chi connectivity index (χ2v) is 6.39. The van der Waals surface area contributed by atoms with Crippen molar-refractivity contribution in [2.24, 2.45) is 11.3 Å². The SMILES string of the molecule is CCn1nc(C)c(Cl)c1CC(NN)C1(CC)CCCC1. The van der Waals surface area contributed by atoms with Crippen molar-refractivity contribution in [2.45, 2.75) is 71.9 Å². The first-order valence-corrected chi connectivity index (χ1v) is 8.13. The fourth-order valence-electron chi connectivity index (χ4n) is 3.74. The van der Waals surface area contributed by atoms with Crippen LogP contribution in [-0.4, -0.2) is 15.8 Å². The smallest absolute Gasteiger partial charge is 0.0847 e. The highest BCUT2D eigenvalue weighted by Gasteiger charge is 2.40. The maximum Gasteiger partial charge on any atom is 0.0847 e. The van der Waals surface area contributed by atoms with E-state index in [2.05, 4.69) is 24.4 Å². The molecule has 4 nitrogen and oxygen atoms in total. The predicted molar refractivity (Wildman–Crippen MR) is 83.7 cm³/mol. The van der Waals surface area contributed by atoms with Gasteiger partial charge in [-0.05, 0) is 38.5 Å². The Kier molecular flexibility index (Phi) is 5.10. The van der Waals surface area contributed by atoms with Crippen molar-refractivity contribution in [3.8, 4) is 0 Å². The third kappa shape index (κ3) is 2.74. The highest BCUT2D eigenvalue weighted by Crippen LogP contribution is 2.45. The van der Waals surface area contributed by atoms with Crippen molar-refractivity contribution in [1.82, 2.24) is 15.2 Å². The predicted octanol–water partition coefficient (Wildman–Crippen LogP) is 3.21. The van der Waals surface area contributed by atoms with Crippen LogP contribution in [0.2, 0.25) is 5.02 Å². The number of rotatable bonds is 6. The molecule has 1 aromatic heterocycles. The molecule has 1 aromatic rings. The molecule has 0 aromatic carbocycles. The van der Waals surface area contributed by atoms with E-state index in [-0.39, 0.29) is 6.04 Å². The summed E-state index contributed by atoms with van der Waals surface area (Å²) in [6.07, 6.45) is 7.17. The summed E-state index contributed by atoms with van der Waals surface area (Å²) in [5, 5.41) is 5.31. The van der Waals surface area contributed by atoms with Crippen LogP contribution >= 0.6 is 11.6 Å². The van der Waals surface area contributed by atoms with E-state index in [1.165, 1.54) is 32.1 Å². The van der Waals surface area contributed by atoms with Gasteiger partial charge < -0.3 is 0 Å². The Morgan fingerprint density at radius 2 is 2.05 bits per heavy atom. The minimum atomic E-state index is 0.272. The average Bonchev–Trinajstić information content (AvgIpc) is 3.04. The van der Waals surface area contributed by atoms with E-state index >= 15 is 0 Å². The molecule has 0 radical (unpaired) electrons. The van der Waals surface area contributed by atoms with Crippen molar-refractivity contribution < 1.29 is 0 Å². The third-order valence-electron chi connectivity index (χ3n) is 5.09. The van der Waals surface area contributed by atoms with E-state index in [0.717, 1.165) is 29.4 Å². The molecule has 1 saturated carbocycles. The monoisotopic (exact) mass is 298 g/mol. The number of nitrogens with two attached hydrogens (primary N) is 1. The number of aromatic nitrogens is 2. The third-order valence-corrected chi connectivity index (χ3v) is 5.59. The number of hydrogen-bond acceptors (Lipinski definition) is 3. The van der Waals surface area contributed by atoms with Crippen LogP contribution in [0.15, 0.2) is 0 Å². The van der Waals surface area contributed by atoms with Crippen LogP contribution in [0, 0.1) is 12.3 Å². The molecule has 2 rings (SSSR count). The molecule has 1 aliphatic rings. The maximum absolute atomic E-state index is 6.44. The fourth-order valence-corrected chi connectivity index (χ4v) is 3.95. The van der Waals surface area contributed by atoms with Gasteiger partial charge in [-0.25, -0.2) is 0 Å². The molecule has 5 heteroatoms. The summed E-state index contributed by atoms with van der Waals surface area (Å²) >= 11 is 6.44. The highest BCUT2D eigenvalue weighted by atomic mass is 35.5.